The third-order valence-corrected chi connectivity index (χ3v) is 3.45. The molecule has 0 fully saturated rings. The number of hydrogen-bond donors (Lipinski definition) is 1. The summed E-state index contributed by atoms with van der Waals surface area (Å²) in [6.07, 6.45) is -1.00. The number of carbonyl (C=O) groups is 1. The first kappa shape index (κ1) is 21.3. The fourth-order valence-corrected chi connectivity index (χ4v) is 2.18. The molecular formula is C17H10F4FeN5O-. The Morgan fingerprint density at radius 3 is 2.57 bits per heavy atom. The molecule has 0 spiro atoms. The summed E-state index contributed by atoms with van der Waals surface area (Å²) in [6.45, 7) is 0. The minimum absolute atomic E-state index is 0. The Balaban J connectivity index is 0.00000280. The van der Waals surface area contributed by atoms with Gasteiger partial charge in [0.25, 0.3) is 5.91 Å². The van der Waals surface area contributed by atoms with Gasteiger partial charge in [-0.3, -0.25) is 4.79 Å². The summed E-state index contributed by atoms with van der Waals surface area (Å²) >= 11 is 0. The van der Waals surface area contributed by atoms with Gasteiger partial charge in [-0.2, -0.15) is 46.9 Å². The number of amides is 1. The van der Waals surface area contributed by atoms with Crippen molar-refractivity contribution in [2.75, 3.05) is 0 Å². The maximum Gasteiger partial charge on any atom is 0.370 e. The molecule has 3 aromatic rings. The molecule has 0 aliphatic carbocycles. The normalized spacial score (nSPS) is 11.8. The minimum Gasteiger partial charge on any atom is -0.366 e. The molecular weight excluding hydrogens is 422 g/mol. The number of halogens is 4. The summed E-state index contributed by atoms with van der Waals surface area (Å²) in [5.74, 6) is -1.56. The van der Waals surface area contributed by atoms with Crippen molar-refractivity contribution < 1.29 is 39.4 Å². The van der Waals surface area contributed by atoms with E-state index in [1.807, 2.05) is 0 Å². The number of rotatable bonds is 4. The Hall–Kier alpha value is -3.04. The van der Waals surface area contributed by atoms with Gasteiger partial charge in [0.05, 0.1) is 5.57 Å². The second-order valence-electron chi connectivity index (χ2n) is 5.33. The van der Waals surface area contributed by atoms with Crippen LogP contribution in [-0.4, -0.2) is 25.7 Å². The molecule has 2 N–H and O–H groups in total. The van der Waals surface area contributed by atoms with E-state index in [4.69, 9.17) is 5.73 Å². The number of aromatic nitrogens is 4. The van der Waals surface area contributed by atoms with E-state index in [1.165, 1.54) is 24.7 Å². The molecule has 0 aliphatic heterocycles. The van der Waals surface area contributed by atoms with E-state index < -0.39 is 23.6 Å². The molecule has 2 heterocycles. The van der Waals surface area contributed by atoms with Crippen LogP contribution in [0.3, 0.4) is 0 Å². The van der Waals surface area contributed by atoms with E-state index in [0.717, 1.165) is 29.1 Å². The first-order valence-corrected chi connectivity index (χ1v) is 7.37. The average molecular weight is 432 g/mol. The van der Waals surface area contributed by atoms with Crippen LogP contribution in [0.4, 0.5) is 17.6 Å². The SMILES string of the molecule is NC(=O)/C(=C\n1cnc(-c2c[c-]cc(C(F)(F)F)c2)n1)c1ccc(F)nc1.[Fe]. The number of primary amides is 1. The number of nitrogens with zero attached hydrogens (tertiary/aromatic N) is 4. The van der Waals surface area contributed by atoms with Gasteiger partial charge in [-0.05, 0) is 12.1 Å². The zero-order chi connectivity index (χ0) is 19.6. The monoisotopic (exact) mass is 432 g/mol. The molecule has 6 nitrogen and oxygen atoms in total. The first-order chi connectivity index (χ1) is 12.7. The number of nitrogens with two attached hydrogens (primary N) is 1. The van der Waals surface area contributed by atoms with Gasteiger partial charge < -0.3 is 5.73 Å². The first-order valence-electron chi connectivity index (χ1n) is 7.37. The topological polar surface area (TPSA) is 86.7 Å². The van der Waals surface area contributed by atoms with Crippen LogP contribution in [0.25, 0.3) is 23.2 Å². The van der Waals surface area contributed by atoms with Crippen molar-refractivity contribution in [1.82, 2.24) is 19.7 Å². The van der Waals surface area contributed by atoms with Crippen LogP contribution in [0, 0.1) is 12.0 Å². The Morgan fingerprint density at radius 2 is 1.96 bits per heavy atom. The molecule has 0 aliphatic rings. The van der Waals surface area contributed by atoms with E-state index >= 15 is 0 Å². The summed E-state index contributed by atoms with van der Waals surface area (Å²) in [5.41, 5.74) is 4.74. The maximum absolute atomic E-state index is 12.9. The van der Waals surface area contributed by atoms with Crippen LogP contribution in [-0.2, 0) is 28.0 Å². The average Bonchev–Trinajstić information content (AvgIpc) is 3.08. The number of benzene rings is 1. The summed E-state index contributed by atoms with van der Waals surface area (Å²) in [5, 5.41) is 4.01. The van der Waals surface area contributed by atoms with Crippen molar-refractivity contribution in [1.29, 1.82) is 0 Å². The Morgan fingerprint density at radius 1 is 1.21 bits per heavy atom. The third kappa shape index (κ3) is 4.81. The van der Waals surface area contributed by atoms with Crippen LogP contribution < -0.4 is 5.73 Å². The predicted molar refractivity (Wildman–Crippen MR) is 86.9 cm³/mol. The maximum atomic E-state index is 12.9. The number of carbonyl (C=O) groups excluding carboxylic acids is 1. The van der Waals surface area contributed by atoms with Gasteiger partial charge in [-0.25, -0.2) is 14.6 Å². The largest absolute Gasteiger partial charge is 0.370 e. The number of hydrogen-bond acceptors (Lipinski definition) is 4. The molecule has 0 atom stereocenters. The second kappa shape index (κ2) is 8.32. The minimum atomic E-state index is -4.52. The van der Waals surface area contributed by atoms with E-state index in [1.54, 1.807) is 0 Å². The smallest absolute Gasteiger partial charge is 0.366 e. The Kier molecular flexibility index (Phi) is 6.32. The van der Waals surface area contributed by atoms with Crippen molar-refractivity contribution in [2.24, 2.45) is 5.73 Å². The fourth-order valence-electron chi connectivity index (χ4n) is 2.18. The number of alkyl halides is 3. The summed E-state index contributed by atoms with van der Waals surface area (Å²) in [6, 6.07) is 7.75. The number of pyridine rings is 1. The van der Waals surface area contributed by atoms with Crippen molar-refractivity contribution in [3.63, 3.8) is 0 Å². The van der Waals surface area contributed by atoms with Crippen molar-refractivity contribution in [3.05, 3.63) is 66.0 Å². The van der Waals surface area contributed by atoms with Gasteiger partial charge in [0.15, 0.2) is 0 Å². The van der Waals surface area contributed by atoms with E-state index in [9.17, 15) is 22.4 Å². The van der Waals surface area contributed by atoms with Crippen molar-refractivity contribution in [3.8, 4) is 11.4 Å². The molecule has 2 aromatic heterocycles. The van der Waals surface area contributed by atoms with Gasteiger partial charge in [0.2, 0.25) is 5.95 Å². The van der Waals surface area contributed by atoms with Gasteiger partial charge >= 0.3 is 6.18 Å². The third-order valence-electron chi connectivity index (χ3n) is 3.45. The van der Waals surface area contributed by atoms with Crippen LogP contribution >= 0.6 is 0 Å². The zero-order valence-corrected chi connectivity index (χ0v) is 14.9. The van der Waals surface area contributed by atoms with E-state index in [2.05, 4.69) is 21.1 Å². The summed E-state index contributed by atoms with van der Waals surface area (Å²) in [7, 11) is 0. The molecule has 3 rings (SSSR count). The predicted octanol–water partition coefficient (Wildman–Crippen LogP) is 2.78. The molecule has 0 bridgehead atoms. The Labute approximate surface area is 166 Å². The van der Waals surface area contributed by atoms with Crippen LogP contribution in [0.2, 0.25) is 0 Å². The zero-order valence-electron chi connectivity index (χ0n) is 13.8. The molecule has 0 saturated carbocycles. The van der Waals surface area contributed by atoms with Gasteiger partial charge in [0, 0.05) is 35.0 Å². The van der Waals surface area contributed by atoms with E-state index in [-0.39, 0.29) is 39.6 Å². The fraction of sp³-hybridized carbons (Fsp3) is 0.0588. The molecule has 0 radical (unpaired) electrons. The van der Waals surface area contributed by atoms with Crippen LogP contribution in [0.5, 0.6) is 0 Å². The second-order valence-corrected chi connectivity index (χ2v) is 5.33. The quantitative estimate of drug-likeness (QED) is 0.226. The summed E-state index contributed by atoms with van der Waals surface area (Å²) < 4.78 is 52.5. The van der Waals surface area contributed by atoms with Crippen molar-refractivity contribution in [2.45, 2.75) is 6.18 Å². The molecule has 146 valence electrons. The molecule has 28 heavy (non-hydrogen) atoms. The molecule has 0 saturated heterocycles. The molecule has 0 unspecified atom stereocenters. The Bertz CT molecular complexity index is 1010. The van der Waals surface area contributed by atoms with E-state index in [0.29, 0.717) is 0 Å². The van der Waals surface area contributed by atoms with Crippen LogP contribution in [0.1, 0.15) is 11.1 Å². The molecule has 1 aromatic carbocycles. The standard InChI is InChI=1S/C17H10F4N5O.Fe/c18-14-5-4-11(7-23-14)13(15(22)27)8-26-9-24-16(25-26)10-2-1-3-12(6-10)17(19,20)21;/h2-9H,(H2,22,27);/q-1;/b13-8-;. The van der Waals surface area contributed by atoms with Gasteiger partial charge in [-0.1, -0.05) is 11.1 Å². The van der Waals surface area contributed by atoms with Gasteiger partial charge in [-0.15, -0.1) is 0 Å². The van der Waals surface area contributed by atoms with Crippen LogP contribution in [0.15, 0.2) is 42.9 Å². The van der Waals surface area contributed by atoms with Gasteiger partial charge in [0.1, 0.15) is 12.2 Å². The van der Waals surface area contributed by atoms with Crippen molar-refractivity contribution >= 4 is 17.7 Å². The molecule has 1 amide bonds. The molecule has 11 heteroatoms. The summed E-state index contributed by atoms with van der Waals surface area (Å²) in [4.78, 5) is 19.0.